The lowest BCUT2D eigenvalue weighted by Crippen LogP contribution is -2.31. The Labute approximate surface area is 172 Å². The second-order valence-corrected chi connectivity index (χ2v) is 7.17. The molecule has 6 heteroatoms. The molecule has 0 amide bonds. The van der Waals surface area contributed by atoms with E-state index in [-0.39, 0.29) is 5.82 Å². The minimum Gasteiger partial charge on any atom is -0.324 e. The predicted octanol–water partition coefficient (Wildman–Crippen LogP) is 4.28. The van der Waals surface area contributed by atoms with E-state index < -0.39 is 0 Å². The number of guanidine groups is 1. The molecule has 1 aliphatic rings. The Kier molecular flexibility index (Phi) is 7.27. The summed E-state index contributed by atoms with van der Waals surface area (Å²) in [6.45, 7) is 8.31. The van der Waals surface area contributed by atoms with E-state index in [0.717, 1.165) is 37.4 Å². The standard InChI is InChI=1S/C23H28FN5/c1-4-26-23-27-17(2)19-10-11-22(24)20(14-19)8-6-12-29(3)16-25-15-18-7-5-9-21(13-18)28-23/h4-5,7,9-11,13-14,25H,2,6,8,12,15-16H2,1,3H3,(H,27,28)/b26-4-. The first-order chi connectivity index (χ1) is 14.0. The summed E-state index contributed by atoms with van der Waals surface area (Å²) in [6, 6.07) is 13.2. The van der Waals surface area contributed by atoms with Crippen LogP contribution in [-0.2, 0) is 13.0 Å². The van der Waals surface area contributed by atoms with E-state index >= 15 is 0 Å². The smallest absolute Gasteiger partial charge is 0.227 e. The van der Waals surface area contributed by atoms with E-state index in [1.165, 1.54) is 11.6 Å². The molecule has 3 rings (SSSR count). The summed E-state index contributed by atoms with van der Waals surface area (Å²) in [6.07, 6.45) is 3.22. The number of nitrogens with one attached hydrogen (secondary N) is 2. The van der Waals surface area contributed by atoms with E-state index in [4.69, 9.17) is 0 Å². The zero-order chi connectivity index (χ0) is 20.6. The lowest BCUT2D eigenvalue weighted by Gasteiger charge is -2.17. The summed E-state index contributed by atoms with van der Waals surface area (Å²) in [5.74, 6) is 0.253. The number of anilines is 1. The van der Waals surface area contributed by atoms with Gasteiger partial charge in [-0.2, -0.15) is 0 Å². The maximum Gasteiger partial charge on any atom is 0.227 e. The third kappa shape index (κ3) is 6.07. The lowest BCUT2D eigenvalue weighted by atomic mass is 10.0. The Morgan fingerprint density at radius 2 is 2.10 bits per heavy atom. The second kappa shape index (κ2) is 10.1. The number of halogens is 1. The van der Waals surface area contributed by atoms with Crippen LogP contribution in [0.15, 0.2) is 59.0 Å². The molecule has 152 valence electrons. The topological polar surface area (TPSA) is 52.0 Å². The molecule has 0 radical (unpaired) electrons. The number of nitrogens with zero attached hydrogens (tertiary/aromatic N) is 3. The van der Waals surface area contributed by atoms with Gasteiger partial charge in [-0.3, -0.25) is 4.90 Å². The first kappa shape index (κ1) is 20.9. The first-order valence-corrected chi connectivity index (χ1v) is 9.85. The maximum atomic E-state index is 14.3. The summed E-state index contributed by atoms with van der Waals surface area (Å²) in [7, 11) is 2.07. The average Bonchev–Trinajstić information content (AvgIpc) is 2.69. The number of fused-ring (bicyclic) bond motifs is 4. The summed E-state index contributed by atoms with van der Waals surface area (Å²) < 4.78 is 14.3. The van der Waals surface area contributed by atoms with Crippen LogP contribution in [0.4, 0.5) is 10.1 Å². The second-order valence-electron chi connectivity index (χ2n) is 7.17. The molecular weight excluding hydrogens is 365 g/mol. The van der Waals surface area contributed by atoms with E-state index in [2.05, 4.69) is 51.3 Å². The quantitative estimate of drug-likeness (QED) is 0.657. The van der Waals surface area contributed by atoms with Gasteiger partial charge in [0.25, 0.3) is 0 Å². The van der Waals surface area contributed by atoms with Crippen LogP contribution >= 0.6 is 0 Å². The minimum absolute atomic E-state index is 0.190. The SMILES string of the molecule is C=C1N=C(/N=C\C)Nc2cccc(c2)CNCN(C)CCCc2cc1ccc2F. The average molecular weight is 394 g/mol. The van der Waals surface area contributed by atoms with Crippen molar-refractivity contribution in [3.63, 3.8) is 0 Å². The zero-order valence-electron chi connectivity index (χ0n) is 17.1. The molecular formula is C23H28FN5. The molecule has 0 unspecified atom stereocenters. The van der Waals surface area contributed by atoms with Crippen molar-refractivity contribution in [2.45, 2.75) is 26.3 Å². The molecule has 0 saturated heterocycles. The van der Waals surface area contributed by atoms with Crippen molar-refractivity contribution >= 4 is 23.6 Å². The van der Waals surface area contributed by atoms with E-state index in [9.17, 15) is 4.39 Å². The Bertz CT molecular complexity index is 919. The van der Waals surface area contributed by atoms with Crippen LogP contribution in [0.2, 0.25) is 0 Å². The Hall–Kier alpha value is -2.83. The first-order valence-electron chi connectivity index (χ1n) is 9.85. The molecule has 5 nitrogen and oxygen atoms in total. The number of hydrogen-bond acceptors (Lipinski definition) is 5. The summed E-state index contributed by atoms with van der Waals surface area (Å²) in [5, 5.41) is 6.70. The van der Waals surface area contributed by atoms with Crippen molar-refractivity contribution in [2.75, 3.05) is 25.6 Å². The molecule has 0 aromatic heterocycles. The van der Waals surface area contributed by atoms with Gasteiger partial charge in [-0.15, -0.1) is 0 Å². The van der Waals surface area contributed by atoms with Crippen LogP contribution in [0.1, 0.15) is 30.0 Å². The molecule has 0 saturated carbocycles. The highest BCUT2D eigenvalue weighted by atomic mass is 19.1. The van der Waals surface area contributed by atoms with Crippen LogP contribution < -0.4 is 10.6 Å². The molecule has 0 fully saturated rings. The third-order valence-electron chi connectivity index (χ3n) is 4.75. The third-order valence-corrected chi connectivity index (χ3v) is 4.75. The van der Waals surface area contributed by atoms with Crippen LogP contribution in [0, 0.1) is 5.82 Å². The van der Waals surface area contributed by atoms with Gasteiger partial charge >= 0.3 is 0 Å². The number of aliphatic imine (C=N–C) groups is 2. The van der Waals surface area contributed by atoms with Gasteiger partial charge in [0.1, 0.15) is 5.82 Å². The highest BCUT2D eigenvalue weighted by molar-refractivity contribution is 6.00. The van der Waals surface area contributed by atoms with Crippen LogP contribution in [0.5, 0.6) is 0 Å². The van der Waals surface area contributed by atoms with Gasteiger partial charge in [0.2, 0.25) is 5.96 Å². The Morgan fingerprint density at radius 1 is 1.24 bits per heavy atom. The van der Waals surface area contributed by atoms with Crippen molar-refractivity contribution in [2.24, 2.45) is 9.98 Å². The number of rotatable bonds is 0. The van der Waals surface area contributed by atoms with Crippen molar-refractivity contribution < 1.29 is 4.39 Å². The van der Waals surface area contributed by atoms with Crippen molar-refractivity contribution in [3.8, 4) is 0 Å². The molecule has 2 aromatic carbocycles. The van der Waals surface area contributed by atoms with Gasteiger partial charge in [0, 0.05) is 30.7 Å². The fourth-order valence-electron chi connectivity index (χ4n) is 3.25. The highest BCUT2D eigenvalue weighted by Gasteiger charge is 2.09. The molecule has 2 aromatic rings. The van der Waals surface area contributed by atoms with Gasteiger partial charge in [-0.05, 0) is 74.8 Å². The van der Waals surface area contributed by atoms with Crippen molar-refractivity contribution in [1.29, 1.82) is 0 Å². The molecule has 0 spiro atoms. The largest absolute Gasteiger partial charge is 0.324 e. The summed E-state index contributed by atoms with van der Waals surface area (Å²) in [5.41, 5.74) is 4.09. The van der Waals surface area contributed by atoms with Gasteiger partial charge in [-0.25, -0.2) is 14.4 Å². The summed E-state index contributed by atoms with van der Waals surface area (Å²) in [4.78, 5) is 11.1. The van der Waals surface area contributed by atoms with Gasteiger partial charge < -0.3 is 10.6 Å². The van der Waals surface area contributed by atoms with E-state index in [0.29, 0.717) is 23.6 Å². The zero-order valence-corrected chi connectivity index (χ0v) is 17.1. The monoisotopic (exact) mass is 393 g/mol. The van der Waals surface area contributed by atoms with Crippen molar-refractivity contribution in [1.82, 2.24) is 10.2 Å². The molecule has 2 N–H and O–H groups in total. The van der Waals surface area contributed by atoms with E-state index in [1.807, 2.05) is 25.1 Å². The molecule has 0 atom stereocenters. The van der Waals surface area contributed by atoms with Gasteiger partial charge in [-0.1, -0.05) is 18.7 Å². The molecule has 0 aliphatic carbocycles. The van der Waals surface area contributed by atoms with Crippen LogP contribution in [0.3, 0.4) is 0 Å². The fourth-order valence-corrected chi connectivity index (χ4v) is 3.25. The minimum atomic E-state index is -0.190. The summed E-state index contributed by atoms with van der Waals surface area (Å²) >= 11 is 0. The number of hydrogen-bond donors (Lipinski definition) is 2. The molecule has 1 aliphatic heterocycles. The Balaban J connectivity index is 1.95. The van der Waals surface area contributed by atoms with Gasteiger partial charge in [0.05, 0.1) is 5.70 Å². The predicted molar refractivity (Wildman–Crippen MR) is 120 cm³/mol. The van der Waals surface area contributed by atoms with Crippen LogP contribution in [-0.4, -0.2) is 37.3 Å². The fraction of sp³-hybridized carbons (Fsp3) is 0.304. The number of benzene rings is 2. The Morgan fingerprint density at radius 3 is 2.93 bits per heavy atom. The molecule has 4 bridgehead atoms. The number of aryl methyl sites for hydroxylation is 1. The highest BCUT2D eigenvalue weighted by Crippen LogP contribution is 2.20. The lowest BCUT2D eigenvalue weighted by molar-refractivity contribution is 0.301. The normalized spacial score (nSPS) is 16.9. The molecule has 29 heavy (non-hydrogen) atoms. The molecule has 1 heterocycles. The maximum absolute atomic E-state index is 14.3. The van der Waals surface area contributed by atoms with E-state index in [1.54, 1.807) is 12.3 Å². The van der Waals surface area contributed by atoms with Crippen LogP contribution in [0.25, 0.3) is 5.70 Å². The van der Waals surface area contributed by atoms with Crippen molar-refractivity contribution in [3.05, 3.63) is 71.6 Å². The van der Waals surface area contributed by atoms with Gasteiger partial charge in [0.15, 0.2) is 0 Å².